The van der Waals surface area contributed by atoms with Gasteiger partial charge in [0.05, 0.1) is 0 Å². The molecule has 0 aromatic heterocycles. The SMILES string of the molecule is Brc1ccc(C2CC2)cc1.C#N. The molecule has 1 aliphatic rings. The van der Waals surface area contributed by atoms with E-state index in [-0.39, 0.29) is 0 Å². The quantitative estimate of drug-likeness (QED) is 0.716. The van der Waals surface area contributed by atoms with Crippen LogP contribution >= 0.6 is 15.9 Å². The van der Waals surface area contributed by atoms with Gasteiger partial charge in [-0.2, -0.15) is 0 Å². The molecule has 1 aliphatic carbocycles. The summed E-state index contributed by atoms with van der Waals surface area (Å²) in [6.45, 7) is 3.50. The number of nitriles is 1. The summed E-state index contributed by atoms with van der Waals surface area (Å²) in [4.78, 5) is 0. The van der Waals surface area contributed by atoms with Crippen molar-refractivity contribution in [1.82, 2.24) is 0 Å². The van der Waals surface area contributed by atoms with Gasteiger partial charge in [-0.15, -0.1) is 0 Å². The predicted molar refractivity (Wildman–Crippen MR) is 52.8 cm³/mol. The predicted octanol–water partition coefficient (Wildman–Crippen LogP) is 3.47. The minimum absolute atomic E-state index is 0.882. The second-order valence-corrected chi connectivity index (χ2v) is 3.74. The lowest BCUT2D eigenvalue weighted by Crippen LogP contribution is -1.75. The molecule has 0 bridgehead atoms. The van der Waals surface area contributed by atoms with Crippen molar-refractivity contribution in [3.63, 3.8) is 0 Å². The molecule has 0 atom stereocenters. The second kappa shape index (κ2) is 4.27. The first-order valence-electron chi connectivity index (χ1n) is 3.87. The zero-order chi connectivity index (χ0) is 8.97. The molecular weight excluding hydrogens is 214 g/mol. The van der Waals surface area contributed by atoms with Crippen LogP contribution in [0.15, 0.2) is 28.7 Å². The highest BCUT2D eigenvalue weighted by Crippen LogP contribution is 2.40. The Morgan fingerprint density at radius 1 is 1.17 bits per heavy atom. The zero-order valence-corrected chi connectivity index (χ0v) is 8.29. The van der Waals surface area contributed by atoms with Crippen LogP contribution in [0, 0.1) is 11.8 Å². The van der Waals surface area contributed by atoms with E-state index in [1.165, 1.54) is 22.9 Å². The molecule has 2 heteroatoms. The van der Waals surface area contributed by atoms with Crippen molar-refractivity contribution in [2.24, 2.45) is 0 Å². The number of benzene rings is 1. The van der Waals surface area contributed by atoms with E-state index in [0.29, 0.717) is 0 Å². The summed E-state index contributed by atoms with van der Waals surface area (Å²) >= 11 is 3.41. The van der Waals surface area contributed by atoms with E-state index in [1.54, 1.807) is 0 Å². The molecule has 1 aromatic rings. The Kier molecular flexibility index (Phi) is 3.31. The largest absolute Gasteiger partial charge is 0.202 e. The van der Waals surface area contributed by atoms with Gasteiger partial charge in [-0.1, -0.05) is 28.1 Å². The maximum Gasteiger partial charge on any atom is 0.0462 e. The van der Waals surface area contributed by atoms with Crippen LogP contribution in [0.3, 0.4) is 0 Å². The highest BCUT2D eigenvalue weighted by atomic mass is 79.9. The van der Waals surface area contributed by atoms with Crippen LogP contribution in [0.25, 0.3) is 0 Å². The third-order valence-electron chi connectivity index (χ3n) is 1.92. The average molecular weight is 224 g/mol. The first-order chi connectivity index (χ1) is 5.86. The standard InChI is InChI=1S/C9H9Br.CHN/c10-9-5-3-8(4-6-9)7-1-2-7;1-2/h3-7H,1-2H2;1H. The molecule has 0 amide bonds. The van der Waals surface area contributed by atoms with Crippen molar-refractivity contribution in [2.75, 3.05) is 0 Å². The molecule has 2 rings (SSSR count). The minimum Gasteiger partial charge on any atom is -0.202 e. The Labute approximate surface area is 81.2 Å². The lowest BCUT2D eigenvalue weighted by molar-refractivity contribution is 1.13. The van der Waals surface area contributed by atoms with Gasteiger partial charge in [0.1, 0.15) is 0 Å². The molecule has 1 fully saturated rings. The van der Waals surface area contributed by atoms with Gasteiger partial charge in [0.15, 0.2) is 0 Å². The van der Waals surface area contributed by atoms with Gasteiger partial charge >= 0.3 is 0 Å². The number of nitrogens with zero attached hydrogens (tertiary/aromatic N) is 1. The Morgan fingerprint density at radius 3 is 2.08 bits per heavy atom. The van der Waals surface area contributed by atoms with E-state index in [9.17, 15) is 0 Å². The Balaban J connectivity index is 0.000000336. The van der Waals surface area contributed by atoms with Crippen LogP contribution in [-0.2, 0) is 0 Å². The van der Waals surface area contributed by atoms with Crippen LogP contribution in [-0.4, -0.2) is 0 Å². The summed E-state index contributed by atoms with van der Waals surface area (Å²) in [6.07, 6.45) is 2.78. The topological polar surface area (TPSA) is 23.8 Å². The van der Waals surface area contributed by atoms with Gasteiger partial charge in [0, 0.05) is 11.0 Å². The molecule has 0 radical (unpaired) electrons. The number of hydrogen-bond donors (Lipinski definition) is 0. The lowest BCUT2D eigenvalue weighted by Gasteiger charge is -1.95. The fraction of sp³-hybridized carbons (Fsp3) is 0.300. The van der Waals surface area contributed by atoms with Gasteiger partial charge in [-0.3, -0.25) is 0 Å². The molecule has 0 heterocycles. The van der Waals surface area contributed by atoms with Crippen LogP contribution in [0.2, 0.25) is 0 Å². The lowest BCUT2D eigenvalue weighted by atomic mass is 10.1. The second-order valence-electron chi connectivity index (χ2n) is 2.83. The van der Waals surface area contributed by atoms with Crippen molar-refractivity contribution in [3.8, 4) is 6.57 Å². The summed E-state index contributed by atoms with van der Waals surface area (Å²) in [7, 11) is 0. The summed E-state index contributed by atoms with van der Waals surface area (Å²) in [6, 6.07) is 8.66. The molecule has 1 saturated carbocycles. The molecule has 0 saturated heterocycles. The molecule has 0 aliphatic heterocycles. The summed E-state index contributed by atoms with van der Waals surface area (Å²) in [5.41, 5.74) is 1.50. The molecule has 1 aromatic carbocycles. The molecule has 0 N–H and O–H groups in total. The van der Waals surface area contributed by atoms with Gasteiger partial charge in [-0.05, 0) is 36.5 Å². The highest BCUT2D eigenvalue weighted by Gasteiger charge is 2.22. The van der Waals surface area contributed by atoms with Crippen molar-refractivity contribution < 1.29 is 0 Å². The molecular formula is C10H10BrN. The fourth-order valence-corrected chi connectivity index (χ4v) is 1.42. The molecule has 12 heavy (non-hydrogen) atoms. The van der Waals surface area contributed by atoms with Gasteiger partial charge in [0.2, 0.25) is 0 Å². The zero-order valence-electron chi connectivity index (χ0n) is 6.70. The summed E-state index contributed by atoms with van der Waals surface area (Å²) < 4.78 is 1.18. The van der Waals surface area contributed by atoms with Crippen molar-refractivity contribution >= 4 is 15.9 Å². The van der Waals surface area contributed by atoms with E-state index in [4.69, 9.17) is 5.26 Å². The maximum absolute atomic E-state index is 6.50. The first-order valence-corrected chi connectivity index (χ1v) is 4.67. The van der Waals surface area contributed by atoms with Crippen LogP contribution in [0.1, 0.15) is 24.3 Å². The maximum atomic E-state index is 6.50. The average Bonchev–Trinajstić information content (AvgIpc) is 2.93. The first kappa shape index (κ1) is 9.28. The van der Waals surface area contributed by atoms with Gasteiger partial charge < -0.3 is 0 Å². The van der Waals surface area contributed by atoms with E-state index in [0.717, 1.165) is 5.92 Å². The van der Waals surface area contributed by atoms with Gasteiger partial charge in [-0.25, -0.2) is 5.26 Å². The van der Waals surface area contributed by atoms with E-state index in [1.807, 2.05) is 0 Å². The molecule has 1 nitrogen and oxygen atoms in total. The highest BCUT2D eigenvalue weighted by molar-refractivity contribution is 9.10. The van der Waals surface area contributed by atoms with Crippen molar-refractivity contribution in [1.29, 1.82) is 5.26 Å². The summed E-state index contributed by atoms with van der Waals surface area (Å²) in [5, 5.41) is 6.50. The van der Waals surface area contributed by atoms with E-state index >= 15 is 0 Å². The van der Waals surface area contributed by atoms with E-state index in [2.05, 4.69) is 46.8 Å². The van der Waals surface area contributed by atoms with Gasteiger partial charge in [0.25, 0.3) is 0 Å². The smallest absolute Gasteiger partial charge is 0.0462 e. The monoisotopic (exact) mass is 223 g/mol. The van der Waals surface area contributed by atoms with Crippen molar-refractivity contribution in [3.05, 3.63) is 34.3 Å². The minimum atomic E-state index is 0.882. The number of rotatable bonds is 1. The van der Waals surface area contributed by atoms with Crippen LogP contribution in [0.4, 0.5) is 0 Å². The normalized spacial score (nSPS) is 14.6. The third-order valence-corrected chi connectivity index (χ3v) is 2.45. The fourth-order valence-electron chi connectivity index (χ4n) is 1.15. The van der Waals surface area contributed by atoms with Crippen molar-refractivity contribution in [2.45, 2.75) is 18.8 Å². The summed E-state index contributed by atoms with van der Waals surface area (Å²) in [5.74, 6) is 0.882. The number of hydrogen-bond acceptors (Lipinski definition) is 1. The molecule has 62 valence electrons. The Hall–Kier alpha value is -0.810. The molecule has 0 spiro atoms. The Morgan fingerprint density at radius 2 is 1.67 bits per heavy atom. The van der Waals surface area contributed by atoms with Crippen LogP contribution in [0.5, 0.6) is 0 Å². The van der Waals surface area contributed by atoms with E-state index < -0.39 is 0 Å². The van der Waals surface area contributed by atoms with Crippen LogP contribution < -0.4 is 0 Å². The Bertz CT molecular complexity index is 259. The number of halogens is 1. The third kappa shape index (κ3) is 2.35. The molecule has 0 unspecified atom stereocenters.